The third kappa shape index (κ3) is 5.87. The van der Waals surface area contributed by atoms with Crippen LogP contribution in [0.1, 0.15) is 46.0 Å². The second kappa shape index (κ2) is 10.7. The zero-order valence-corrected chi connectivity index (χ0v) is 16.8. The Labute approximate surface area is 153 Å². The molecule has 2 aliphatic rings. The normalized spacial score (nSPS) is 29.3. The molecule has 4 nitrogen and oxygen atoms in total. The van der Waals surface area contributed by atoms with Crippen LogP contribution in [0.15, 0.2) is 4.99 Å². The summed E-state index contributed by atoms with van der Waals surface area (Å²) in [7, 11) is 1.80. The van der Waals surface area contributed by atoms with Crippen molar-refractivity contribution in [1.29, 1.82) is 0 Å². The molecule has 0 aromatic rings. The van der Waals surface area contributed by atoms with Gasteiger partial charge in [-0.25, -0.2) is 0 Å². The minimum absolute atomic E-state index is 0. The number of methoxy groups -OCH3 is 1. The Kier molecular flexibility index (Phi) is 9.71. The zero-order valence-electron chi connectivity index (χ0n) is 14.5. The number of nitrogens with zero attached hydrogens (tertiary/aromatic N) is 2. The summed E-state index contributed by atoms with van der Waals surface area (Å²) >= 11 is 0. The SMILES string of the molecule is CCNC(=NCC1CCCCC1C)N1CCC(COC)C1.I. The van der Waals surface area contributed by atoms with Crippen LogP contribution in [0.4, 0.5) is 0 Å². The van der Waals surface area contributed by atoms with Crippen LogP contribution in [0.5, 0.6) is 0 Å². The summed E-state index contributed by atoms with van der Waals surface area (Å²) in [6.45, 7) is 9.56. The molecule has 1 heterocycles. The van der Waals surface area contributed by atoms with Crippen LogP contribution in [0, 0.1) is 17.8 Å². The molecule has 1 aliphatic carbocycles. The van der Waals surface area contributed by atoms with Crippen molar-refractivity contribution in [2.45, 2.75) is 46.0 Å². The first-order chi connectivity index (χ1) is 10.2. The van der Waals surface area contributed by atoms with Gasteiger partial charge in [0.1, 0.15) is 0 Å². The summed E-state index contributed by atoms with van der Waals surface area (Å²) in [5.41, 5.74) is 0. The fourth-order valence-electron chi connectivity index (χ4n) is 3.69. The first kappa shape index (κ1) is 20.0. The Balaban J connectivity index is 0.00000242. The largest absolute Gasteiger partial charge is 0.384 e. The van der Waals surface area contributed by atoms with E-state index in [1.54, 1.807) is 7.11 Å². The Hall–Kier alpha value is -0.0400. The molecule has 0 spiro atoms. The maximum absolute atomic E-state index is 5.30. The van der Waals surface area contributed by atoms with Crippen molar-refractivity contribution in [3.8, 4) is 0 Å². The van der Waals surface area contributed by atoms with E-state index in [0.29, 0.717) is 5.92 Å². The van der Waals surface area contributed by atoms with Gasteiger partial charge in [0.15, 0.2) is 5.96 Å². The van der Waals surface area contributed by atoms with Gasteiger partial charge in [0.2, 0.25) is 0 Å². The van der Waals surface area contributed by atoms with Crippen molar-refractivity contribution in [3.05, 3.63) is 0 Å². The minimum Gasteiger partial charge on any atom is -0.384 e. The fourth-order valence-corrected chi connectivity index (χ4v) is 3.69. The average Bonchev–Trinajstić information content (AvgIpc) is 2.94. The number of hydrogen-bond donors (Lipinski definition) is 1. The van der Waals surface area contributed by atoms with Gasteiger partial charge in [0.05, 0.1) is 6.61 Å². The summed E-state index contributed by atoms with van der Waals surface area (Å²) in [6.07, 6.45) is 6.76. The van der Waals surface area contributed by atoms with Gasteiger partial charge in [0.25, 0.3) is 0 Å². The number of rotatable bonds is 5. The van der Waals surface area contributed by atoms with Crippen LogP contribution in [0.25, 0.3) is 0 Å². The van der Waals surface area contributed by atoms with Crippen molar-refractivity contribution in [1.82, 2.24) is 10.2 Å². The Morgan fingerprint density at radius 2 is 2.05 bits per heavy atom. The molecule has 0 aromatic heterocycles. The molecule has 0 radical (unpaired) electrons. The molecule has 2 fully saturated rings. The molecule has 2 rings (SSSR count). The number of nitrogens with one attached hydrogen (secondary N) is 1. The number of halogens is 1. The molecule has 3 atom stereocenters. The van der Waals surface area contributed by atoms with Gasteiger partial charge in [-0.2, -0.15) is 0 Å². The standard InChI is InChI=1S/C17H33N3O.HI/c1-4-18-17(20-10-9-15(12-20)13-21-3)19-11-16-8-6-5-7-14(16)2;/h14-16H,4-13H2,1-3H3,(H,18,19);1H. The minimum atomic E-state index is 0. The lowest BCUT2D eigenvalue weighted by molar-refractivity contribution is 0.157. The summed E-state index contributed by atoms with van der Waals surface area (Å²) in [5.74, 6) is 3.40. The van der Waals surface area contributed by atoms with E-state index in [-0.39, 0.29) is 24.0 Å². The highest BCUT2D eigenvalue weighted by atomic mass is 127. The lowest BCUT2D eigenvalue weighted by atomic mass is 9.80. The van der Waals surface area contributed by atoms with Crippen molar-refractivity contribution < 1.29 is 4.74 Å². The molecule has 5 heteroatoms. The number of hydrogen-bond acceptors (Lipinski definition) is 2. The first-order valence-corrected chi connectivity index (χ1v) is 8.76. The Morgan fingerprint density at radius 3 is 2.73 bits per heavy atom. The maximum atomic E-state index is 5.30. The van der Waals surface area contributed by atoms with Gasteiger partial charge >= 0.3 is 0 Å². The molecule has 0 bridgehead atoms. The fraction of sp³-hybridized carbons (Fsp3) is 0.941. The summed E-state index contributed by atoms with van der Waals surface area (Å²) in [5, 5.41) is 3.48. The van der Waals surface area contributed by atoms with E-state index in [1.165, 1.54) is 32.1 Å². The molecule has 130 valence electrons. The van der Waals surface area contributed by atoms with E-state index < -0.39 is 0 Å². The average molecular weight is 423 g/mol. The topological polar surface area (TPSA) is 36.9 Å². The quantitative estimate of drug-likeness (QED) is 0.419. The number of aliphatic imine (C=N–C) groups is 1. The molecule has 1 aliphatic heterocycles. The lowest BCUT2D eigenvalue weighted by Crippen LogP contribution is -2.40. The molecule has 1 N–H and O–H groups in total. The lowest BCUT2D eigenvalue weighted by Gasteiger charge is -2.28. The summed E-state index contributed by atoms with van der Waals surface area (Å²) in [4.78, 5) is 7.37. The highest BCUT2D eigenvalue weighted by Crippen LogP contribution is 2.29. The molecule has 0 amide bonds. The van der Waals surface area contributed by atoms with Gasteiger partial charge in [-0.15, -0.1) is 24.0 Å². The third-order valence-electron chi connectivity index (χ3n) is 5.09. The van der Waals surface area contributed by atoms with E-state index in [4.69, 9.17) is 9.73 Å². The van der Waals surface area contributed by atoms with Crippen molar-refractivity contribution in [2.24, 2.45) is 22.7 Å². The van der Waals surface area contributed by atoms with E-state index in [9.17, 15) is 0 Å². The van der Waals surface area contributed by atoms with Crippen LogP contribution in [-0.4, -0.2) is 50.8 Å². The Morgan fingerprint density at radius 1 is 1.27 bits per heavy atom. The van der Waals surface area contributed by atoms with E-state index >= 15 is 0 Å². The summed E-state index contributed by atoms with van der Waals surface area (Å²) < 4.78 is 5.30. The summed E-state index contributed by atoms with van der Waals surface area (Å²) in [6, 6.07) is 0. The van der Waals surface area contributed by atoms with Crippen molar-refractivity contribution in [3.63, 3.8) is 0 Å². The molecule has 1 saturated heterocycles. The molecule has 22 heavy (non-hydrogen) atoms. The smallest absolute Gasteiger partial charge is 0.193 e. The van der Waals surface area contributed by atoms with E-state index in [2.05, 4.69) is 24.1 Å². The monoisotopic (exact) mass is 423 g/mol. The number of guanidine groups is 1. The van der Waals surface area contributed by atoms with Gasteiger partial charge in [-0.05, 0) is 31.6 Å². The van der Waals surface area contributed by atoms with Gasteiger partial charge in [0, 0.05) is 39.2 Å². The molecule has 3 unspecified atom stereocenters. The van der Waals surface area contributed by atoms with Crippen LogP contribution in [0.3, 0.4) is 0 Å². The number of likely N-dealkylation sites (tertiary alicyclic amines) is 1. The maximum Gasteiger partial charge on any atom is 0.193 e. The Bertz CT molecular complexity index is 338. The molecular weight excluding hydrogens is 389 g/mol. The van der Waals surface area contributed by atoms with Crippen LogP contribution >= 0.6 is 24.0 Å². The zero-order chi connectivity index (χ0) is 15.1. The van der Waals surface area contributed by atoms with Crippen LogP contribution < -0.4 is 5.32 Å². The van der Waals surface area contributed by atoms with Crippen LogP contribution in [-0.2, 0) is 4.74 Å². The first-order valence-electron chi connectivity index (χ1n) is 8.76. The second-order valence-electron chi connectivity index (χ2n) is 6.77. The second-order valence-corrected chi connectivity index (χ2v) is 6.77. The van der Waals surface area contributed by atoms with E-state index in [1.807, 2.05) is 0 Å². The number of ether oxygens (including phenoxy) is 1. The van der Waals surface area contributed by atoms with Crippen molar-refractivity contribution in [2.75, 3.05) is 39.9 Å². The molecule has 1 saturated carbocycles. The predicted octanol–water partition coefficient (Wildman–Crippen LogP) is 3.36. The van der Waals surface area contributed by atoms with E-state index in [0.717, 1.165) is 50.6 Å². The highest BCUT2D eigenvalue weighted by Gasteiger charge is 2.26. The predicted molar refractivity (Wildman–Crippen MR) is 104 cm³/mol. The van der Waals surface area contributed by atoms with Gasteiger partial charge < -0.3 is 15.0 Å². The van der Waals surface area contributed by atoms with Gasteiger partial charge in [-0.3, -0.25) is 4.99 Å². The van der Waals surface area contributed by atoms with Crippen molar-refractivity contribution >= 4 is 29.9 Å². The molecule has 0 aromatic carbocycles. The van der Waals surface area contributed by atoms with Gasteiger partial charge in [-0.1, -0.05) is 26.2 Å². The molecular formula is C17H34IN3O. The van der Waals surface area contributed by atoms with Crippen LogP contribution in [0.2, 0.25) is 0 Å². The highest BCUT2D eigenvalue weighted by molar-refractivity contribution is 14.0. The third-order valence-corrected chi connectivity index (χ3v) is 5.09.